The third-order valence-corrected chi connectivity index (χ3v) is 4.82. The van der Waals surface area contributed by atoms with E-state index in [-0.39, 0.29) is 11.4 Å². The van der Waals surface area contributed by atoms with Crippen LogP contribution in [0.1, 0.15) is 26.3 Å². The Bertz CT molecular complexity index is 781. The van der Waals surface area contributed by atoms with E-state index in [4.69, 9.17) is 4.74 Å². The van der Waals surface area contributed by atoms with Crippen LogP contribution in [-0.2, 0) is 21.3 Å². The molecule has 2 rings (SSSR count). The Hall–Kier alpha value is -2.34. The SMILES string of the molecule is CC(C)(C)OC(=O)N(Cc1ccccc1)S(=O)(=O)c1ccccc1. The van der Waals surface area contributed by atoms with Crippen molar-refractivity contribution in [2.75, 3.05) is 0 Å². The van der Waals surface area contributed by atoms with Gasteiger partial charge in [0.25, 0.3) is 10.0 Å². The third-order valence-electron chi connectivity index (χ3n) is 3.10. The molecule has 24 heavy (non-hydrogen) atoms. The van der Waals surface area contributed by atoms with E-state index in [1.165, 1.54) is 12.1 Å². The summed E-state index contributed by atoms with van der Waals surface area (Å²) in [7, 11) is -4.01. The molecular formula is C18H21NO4S. The second-order valence-electron chi connectivity index (χ2n) is 6.29. The lowest BCUT2D eigenvalue weighted by molar-refractivity contribution is 0.0381. The van der Waals surface area contributed by atoms with Crippen LogP contribution in [0.25, 0.3) is 0 Å². The highest BCUT2D eigenvalue weighted by molar-refractivity contribution is 7.89. The summed E-state index contributed by atoms with van der Waals surface area (Å²) in [6.07, 6.45) is -0.893. The predicted molar refractivity (Wildman–Crippen MR) is 91.8 cm³/mol. The maximum atomic E-state index is 12.9. The monoisotopic (exact) mass is 347 g/mol. The Morgan fingerprint density at radius 3 is 1.96 bits per heavy atom. The maximum Gasteiger partial charge on any atom is 0.424 e. The van der Waals surface area contributed by atoms with Gasteiger partial charge in [0.1, 0.15) is 5.60 Å². The van der Waals surface area contributed by atoms with Gasteiger partial charge in [0.2, 0.25) is 0 Å². The molecule has 0 spiro atoms. The van der Waals surface area contributed by atoms with Crippen molar-refractivity contribution in [2.45, 2.75) is 37.8 Å². The first-order chi connectivity index (χ1) is 11.2. The molecule has 0 aliphatic heterocycles. The average Bonchev–Trinajstić information content (AvgIpc) is 2.52. The number of sulfonamides is 1. The topological polar surface area (TPSA) is 63.7 Å². The number of amides is 1. The Labute approximate surface area is 142 Å². The number of carbonyl (C=O) groups excluding carboxylic acids is 1. The molecule has 0 fully saturated rings. The third kappa shape index (κ3) is 4.58. The molecular weight excluding hydrogens is 326 g/mol. The molecule has 0 aliphatic rings. The number of hydrogen-bond donors (Lipinski definition) is 0. The number of carbonyl (C=O) groups is 1. The lowest BCUT2D eigenvalue weighted by Gasteiger charge is -2.27. The molecule has 6 heteroatoms. The number of benzene rings is 2. The summed E-state index contributed by atoms with van der Waals surface area (Å²) in [4.78, 5) is 12.6. The lowest BCUT2D eigenvalue weighted by atomic mass is 10.2. The van der Waals surface area contributed by atoms with Crippen molar-refractivity contribution < 1.29 is 17.9 Å². The van der Waals surface area contributed by atoms with Gasteiger partial charge in [0, 0.05) is 0 Å². The Morgan fingerprint density at radius 1 is 0.958 bits per heavy atom. The van der Waals surface area contributed by atoms with Crippen LogP contribution in [0.3, 0.4) is 0 Å². The van der Waals surface area contributed by atoms with E-state index >= 15 is 0 Å². The fourth-order valence-corrected chi connectivity index (χ4v) is 3.34. The molecule has 2 aromatic carbocycles. The van der Waals surface area contributed by atoms with Crippen molar-refractivity contribution >= 4 is 16.1 Å². The second kappa shape index (κ2) is 7.05. The lowest BCUT2D eigenvalue weighted by Crippen LogP contribution is -2.40. The summed E-state index contributed by atoms with van der Waals surface area (Å²) in [5.74, 6) is 0. The van der Waals surface area contributed by atoms with Crippen LogP contribution >= 0.6 is 0 Å². The minimum absolute atomic E-state index is 0.0480. The molecule has 0 aromatic heterocycles. The highest BCUT2D eigenvalue weighted by atomic mass is 32.2. The first-order valence-electron chi connectivity index (χ1n) is 7.55. The van der Waals surface area contributed by atoms with Crippen LogP contribution in [0, 0.1) is 0 Å². The molecule has 0 heterocycles. The number of ether oxygens (including phenoxy) is 1. The van der Waals surface area contributed by atoms with Crippen LogP contribution in [0.5, 0.6) is 0 Å². The van der Waals surface area contributed by atoms with Crippen molar-refractivity contribution in [2.24, 2.45) is 0 Å². The Kier molecular flexibility index (Phi) is 5.29. The summed E-state index contributed by atoms with van der Waals surface area (Å²) in [6, 6.07) is 16.8. The molecule has 0 N–H and O–H groups in total. The zero-order chi connectivity index (χ0) is 17.8. The highest BCUT2D eigenvalue weighted by Gasteiger charge is 2.33. The zero-order valence-corrected chi connectivity index (χ0v) is 14.8. The fourth-order valence-electron chi connectivity index (χ4n) is 2.03. The summed E-state index contributed by atoms with van der Waals surface area (Å²) < 4.78 is 31.8. The van der Waals surface area contributed by atoms with Crippen molar-refractivity contribution in [3.8, 4) is 0 Å². The Morgan fingerprint density at radius 2 is 1.46 bits per heavy atom. The van der Waals surface area contributed by atoms with Gasteiger partial charge >= 0.3 is 6.09 Å². The van der Waals surface area contributed by atoms with E-state index in [1.54, 1.807) is 63.2 Å². The molecule has 0 aliphatic carbocycles. The number of nitrogens with zero attached hydrogens (tertiary/aromatic N) is 1. The van der Waals surface area contributed by atoms with Gasteiger partial charge in [-0.2, -0.15) is 4.31 Å². The molecule has 128 valence electrons. The van der Waals surface area contributed by atoms with Crippen LogP contribution in [0.4, 0.5) is 4.79 Å². The normalized spacial score (nSPS) is 11.8. The predicted octanol–water partition coefficient (Wildman–Crippen LogP) is 3.81. The molecule has 0 saturated carbocycles. The molecule has 0 radical (unpaired) electrons. The van der Waals surface area contributed by atoms with Crippen molar-refractivity contribution in [3.05, 3.63) is 66.2 Å². The van der Waals surface area contributed by atoms with E-state index < -0.39 is 21.7 Å². The first-order valence-corrected chi connectivity index (χ1v) is 8.99. The fraction of sp³-hybridized carbons (Fsp3) is 0.278. The second-order valence-corrected chi connectivity index (χ2v) is 8.15. The van der Waals surface area contributed by atoms with E-state index in [1.807, 2.05) is 6.07 Å². The van der Waals surface area contributed by atoms with E-state index in [2.05, 4.69) is 0 Å². The molecule has 0 saturated heterocycles. The van der Waals surface area contributed by atoms with Crippen LogP contribution in [0.2, 0.25) is 0 Å². The summed E-state index contributed by atoms with van der Waals surface area (Å²) in [6.45, 7) is 5.00. The smallest absolute Gasteiger partial charge is 0.424 e. The minimum Gasteiger partial charge on any atom is -0.443 e. The maximum absolute atomic E-state index is 12.9. The van der Waals surface area contributed by atoms with Crippen LogP contribution < -0.4 is 0 Å². The van der Waals surface area contributed by atoms with Gasteiger partial charge in [-0.05, 0) is 38.5 Å². The summed E-state index contributed by atoms with van der Waals surface area (Å²) in [5, 5.41) is 0. The Balaban J connectivity index is 2.40. The summed E-state index contributed by atoms with van der Waals surface area (Å²) in [5.41, 5.74) is -0.0963. The van der Waals surface area contributed by atoms with Gasteiger partial charge < -0.3 is 4.74 Å². The molecule has 0 unspecified atom stereocenters. The van der Waals surface area contributed by atoms with Gasteiger partial charge in [-0.25, -0.2) is 13.2 Å². The van der Waals surface area contributed by atoms with Gasteiger partial charge in [-0.1, -0.05) is 48.5 Å². The average molecular weight is 347 g/mol. The van der Waals surface area contributed by atoms with Crippen molar-refractivity contribution in [1.29, 1.82) is 0 Å². The number of hydrogen-bond acceptors (Lipinski definition) is 4. The largest absolute Gasteiger partial charge is 0.443 e. The quantitative estimate of drug-likeness (QED) is 0.843. The molecule has 0 atom stereocenters. The minimum atomic E-state index is -4.01. The number of rotatable bonds is 4. The van der Waals surface area contributed by atoms with Gasteiger partial charge in [-0.3, -0.25) is 0 Å². The van der Waals surface area contributed by atoms with Gasteiger partial charge in [0.05, 0.1) is 11.4 Å². The highest BCUT2D eigenvalue weighted by Crippen LogP contribution is 2.21. The molecule has 2 aromatic rings. The van der Waals surface area contributed by atoms with E-state index in [0.29, 0.717) is 5.56 Å². The van der Waals surface area contributed by atoms with E-state index in [9.17, 15) is 13.2 Å². The standard InChI is InChI=1S/C18H21NO4S/c1-18(2,3)23-17(20)19(14-15-10-6-4-7-11-15)24(21,22)16-12-8-5-9-13-16/h4-13H,14H2,1-3H3. The van der Waals surface area contributed by atoms with Crippen LogP contribution in [-0.4, -0.2) is 24.4 Å². The zero-order valence-electron chi connectivity index (χ0n) is 14.0. The first kappa shape index (κ1) is 18.0. The van der Waals surface area contributed by atoms with Crippen LogP contribution in [0.15, 0.2) is 65.6 Å². The summed E-state index contributed by atoms with van der Waals surface area (Å²) >= 11 is 0. The van der Waals surface area contributed by atoms with Crippen molar-refractivity contribution in [3.63, 3.8) is 0 Å². The molecule has 1 amide bonds. The van der Waals surface area contributed by atoms with Gasteiger partial charge in [0.15, 0.2) is 0 Å². The van der Waals surface area contributed by atoms with Gasteiger partial charge in [-0.15, -0.1) is 0 Å². The van der Waals surface area contributed by atoms with E-state index in [0.717, 1.165) is 4.31 Å². The van der Waals surface area contributed by atoms with Crippen molar-refractivity contribution in [1.82, 2.24) is 4.31 Å². The molecule has 5 nitrogen and oxygen atoms in total. The molecule has 0 bridgehead atoms.